The van der Waals surface area contributed by atoms with Crippen molar-refractivity contribution in [3.63, 3.8) is 0 Å². The monoisotopic (exact) mass is 234 g/mol. The number of anilines is 1. The predicted molar refractivity (Wildman–Crippen MR) is 66.5 cm³/mol. The van der Waals surface area contributed by atoms with Crippen LogP contribution in [0.25, 0.3) is 0 Å². The molecule has 1 aliphatic heterocycles. The van der Waals surface area contributed by atoms with Crippen LogP contribution in [0.15, 0.2) is 18.3 Å². The van der Waals surface area contributed by atoms with E-state index >= 15 is 0 Å². The van der Waals surface area contributed by atoms with Crippen LogP contribution in [0.4, 0.5) is 5.82 Å². The quantitative estimate of drug-likeness (QED) is 0.749. The number of pyridine rings is 1. The number of rotatable bonds is 3. The summed E-state index contributed by atoms with van der Waals surface area (Å²) in [6, 6.07) is 3.64. The maximum absolute atomic E-state index is 11.6. The van der Waals surface area contributed by atoms with E-state index in [1.165, 1.54) is 0 Å². The second kappa shape index (κ2) is 5.27. The molecule has 92 valence electrons. The van der Waals surface area contributed by atoms with E-state index in [4.69, 9.17) is 4.74 Å². The molecule has 0 saturated carbocycles. The van der Waals surface area contributed by atoms with Gasteiger partial charge in [0.25, 0.3) is 0 Å². The topological polar surface area (TPSA) is 42.4 Å². The van der Waals surface area contributed by atoms with E-state index in [0.29, 0.717) is 12.2 Å². The van der Waals surface area contributed by atoms with E-state index in [-0.39, 0.29) is 11.9 Å². The van der Waals surface area contributed by atoms with E-state index in [9.17, 15) is 4.79 Å². The molecule has 1 aromatic rings. The van der Waals surface area contributed by atoms with Gasteiger partial charge >= 0.3 is 0 Å². The van der Waals surface area contributed by atoms with Gasteiger partial charge in [0.15, 0.2) is 5.78 Å². The Bertz CT molecular complexity index is 406. The molecule has 0 amide bonds. The summed E-state index contributed by atoms with van der Waals surface area (Å²) in [5, 5.41) is 0. The minimum atomic E-state index is 0.0626. The van der Waals surface area contributed by atoms with Crippen molar-refractivity contribution in [3.8, 4) is 0 Å². The van der Waals surface area contributed by atoms with Crippen molar-refractivity contribution in [2.45, 2.75) is 26.4 Å². The van der Waals surface area contributed by atoms with Gasteiger partial charge in [-0.15, -0.1) is 0 Å². The van der Waals surface area contributed by atoms with Gasteiger partial charge in [0.1, 0.15) is 5.82 Å². The average Bonchev–Trinajstić information content (AvgIpc) is 2.39. The van der Waals surface area contributed by atoms with Gasteiger partial charge in [0, 0.05) is 19.3 Å². The first-order valence-electron chi connectivity index (χ1n) is 6.05. The van der Waals surface area contributed by atoms with Crippen molar-refractivity contribution in [1.29, 1.82) is 0 Å². The number of nitrogens with zero attached hydrogens (tertiary/aromatic N) is 2. The molecule has 4 nitrogen and oxygen atoms in total. The summed E-state index contributed by atoms with van der Waals surface area (Å²) in [5.41, 5.74) is 0.698. The lowest BCUT2D eigenvalue weighted by Gasteiger charge is -2.34. The van der Waals surface area contributed by atoms with Gasteiger partial charge in [-0.2, -0.15) is 0 Å². The van der Waals surface area contributed by atoms with E-state index in [2.05, 4.69) is 16.8 Å². The molecule has 0 radical (unpaired) electrons. The first-order chi connectivity index (χ1) is 8.22. The molecule has 0 aliphatic carbocycles. The molecule has 0 bridgehead atoms. The van der Waals surface area contributed by atoms with Crippen molar-refractivity contribution in [2.75, 3.05) is 24.6 Å². The van der Waals surface area contributed by atoms with Crippen LogP contribution in [0.3, 0.4) is 0 Å². The Morgan fingerprint density at radius 3 is 3.18 bits per heavy atom. The molecular formula is C13H18N2O2. The standard InChI is InChI=1S/C13H18N2O2/c1-3-11-9-15(7-8-17-11)13-12(10(2)16)5-4-6-14-13/h4-6,11H,3,7-9H2,1-2H3. The van der Waals surface area contributed by atoms with Crippen LogP contribution in [0.5, 0.6) is 0 Å². The normalized spacial score (nSPS) is 20.4. The highest BCUT2D eigenvalue weighted by atomic mass is 16.5. The minimum Gasteiger partial charge on any atom is -0.375 e. The number of morpholine rings is 1. The SMILES string of the molecule is CCC1CN(c2ncccc2C(C)=O)CCO1. The van der Waals surface area contributed by atoms with E-state index in [1.54, 1.807) is 19.2 Å². The van der Waals surface area contributed by atoms with Gasteiger partial charge in [-0.1, -0.05) is 6.92 Å². The summed E-state index contributed by atoms with van der Waals surface area (Å²) in [5.74, 6) is 0.856. The summed E-state index contributed by atoms with van der Waals surface area (Å²) in [6.45, 7) is 6.00. The van der Waals surface area contributed by atoms with E-state index in [1.807, 2.05) is 6.07 Å². The minimum absolute atomic E-state index is 0.0626. The zero-order valence-corrected chi connectivity index (χ0v) is 10.3. The van der Waals surface area contributed by atoms with Crippen molar-refractivity contribution < 1.29 is 9.53 Å². The smallest absolute Gasteiger partial charge is 0.163 e. The fraction of sp³-hybridized carbons (Fsp3) is 0.538. The summed E-state index contributed by atoms with van der Waals surface area (Å²) < 4.78 is 5.62. The first-order valence-corrected chi connectivity index (χ1v) is 6.05. The Labute approximate surface area is 102 Å². The molecule has 1 saturated heterocycles. The highest BCUT2D eigenvalue weighted by molar-refractivity contribution is 5.98. The fourth-order valence-electron chi connectivity index (χ4n) is 2.08. The molecule has 0 N–H and O–H groups in total. The van der Waals surface area contributed by atoms with Crippen LogP contribution in [0.1, 0.15) is 30.6 Å². The molecule has 0 spiro atoms. The lowest BCUT2D eigenvalue weighted by Crippen LogP contribution is -2.43. The third kappa shape index (κ3) is 2.64. The Hall–Kier alpha value is -1.42. The molecule has 1 atom stereocenters. The lowest BCUT2D eigenvalue weighted by molar-refractivity contribution is 0.0381. The second-order valence-electron chi connectivity index (χ2n) is 4.28. The predicted octanol–water partition coefficient (Wildman–Crippen LogP) is 1.90. The van der Waals surface area contributed by atoms with Gasteiger partial charge in [0.2, 0.25) is 0 Å². The average molecular weight is 234 g/mol. The number of Topliss-reactive ketones (excluding diaryl/α,β-unsaturated/α-hetero) is 1. The summed E-state index contributed by atoms with van der Waals surface area (Å²) in [7, 11) is 0. The highest BCUT2D eigenvalue weighted by Gasteiger charge is 2.22. The van der Waals surface area contributed by atoms with Gasteiger partial charge < -0.3 is 9.64 Å². The van der Waals surface area contributed by atoms with E-state index in [0.717, 1.165) is 25.3 Å². The van der Waals surface area contributed by atoms with E-state index < -0.39 is 0 Å². The molecule has 0 aromatic carbocycles. The molecule has 4 heteroatoms. The van der Waals surface area contributed by atoms with Crippen LogP contribution in [0, 0.1) is 0 Å². The zero-order valence-electron chi connectivity index (χ0n) is 10.3. The summed E-state index contributed by atoms with van der Waals surface area (Å²) in [6.07, 6.45) is 2.96. The Morgan fingerprint density at radius 2 is 2.47 bits per heavy atom. The lowest BCUT2D eigenvalue weighted by atomic mass is 10.1. The highest BCUT2D eigenvalue weighted by Crippen LogP contribution is 2.21. The van der Waals surface area contributed by atoms with Crippen LogP contribution in [-0.2, 0) is 4.74 Å². The molecule has 1 aliphatic rings. The molecule has 17 heavy (non-hydrogen) atoms. The van der Waals surface area contributed by atoms with Crippen LogP contribution >= 0.6 is 0 Å². The Morgan fingerprint density at radius 1 is 1.65 bits per heavy atom. The molecule has 1 aromatic heterocycles. The van der Waals surface area contributed by atoms with Gasteiger partial charge in [-0.3, -0.25) is 4.79 Å². The van der Waals surface area contributed by atoms with Crippen LogP contribution in [0.2, 0.25) is 0 Å². The summed E-state index contributed by atoms with van der Waals surface area (Å²) in [4.78, 5) is 18.1. The number of aromatic nitrogens is 1. The first kappa shape index (κ1) is 12.0. The second-order valence-corrected chi connectivity index (χ2v) is 4.28. The van der Waals surface area contributed by atoms with Gasteiger partial charge in [-0.05, 0) is 25.5 Å². The van der Waals surface area contributed by atoms with Crippen LogP contribution < -0.4 is 4.90 Å². The number of carbonyl (C=O) groups is 1. The van der Waals surface area contributed by atoms with Crippen LogP contribution in [-0.4, -0.2) is 36.6 Å². The van der Waals surface area contributed by atoms with Crippen molar-refractivity contribution >= 4 is 11.6 Å². The molecule has 1 unspecified atom stereocenters. The Balaban J connectivity index is 2.24. The molecule has 1 fully saturated rings. The fourth-order valence-corrected chi connectivity index (χ4v) is 2.08. The number of ketones is 1. The third-order valence-electron chi connectivity index (χ3n) is 3.06. The number of hydrogen-bond acceptors (Lipinski definition) is 4. The van der Waals surface area contributed by atoms with Crippen molar-refractivity contribution in [3.05, 3.63) is 23.9 Å². The maximum atomic E-state index is 11.6. The van der Waals surface area contributed by atoms with Gasteiger partial charge in [-0.25, -0.2) is 4.98 Å². The van der Waals surface area contributed by atoms with Crippen molar-refractivity contribution in [1.82, 2.24) is 4.98 Å². The Kier molecular flexibility index (Phi) is 3.74. The maximum Gasteiger partial charge on any atom is 0.163 e. The molecule has 2 heterocycles. The zero-order chi connectivity index (χ0) is 12.3. The number of carbonyl (C=O) groups excluding carboxylic acids is 1. The summed E-state index contributed by atoms with van der Waals surface area (Å²) >= 11 is 0. The largest absolute Gasteiger partial charge is 0.375 e. The number of ether oxygens (including phenoxy) is 1. The van der Waals surface area contributed by atoms with Crippen molar-refractivity contribution in [2.24, 2.45) is 0 Å². The number of hydrogen-bond donors (Lipinski definition) is 0. The molecular weight excluding hydrogens is 216 g/mol. The van der Waals surface area contributed by atoms with Gasteiger partial charge in [0.05, 0.1) is 18.3 Å². The molecule has 2 rings (SSSR count). The third-order valence-corrected chi connectivity index (χ3v) is 3.06.